The Morgan fingerprint density at radius 3 is 2.54 bits per heavy atom. The minimum atomic E-state index is -0.171. The summed E-state index contributed by atoms with van der Waals surface area (Å²) in [6, 6.07) is 9.99. The first kappa shape index (κ1) is 16.8. The van der Waals surface area contributed by atoms with E-state index < -0.39 is 0 Å². The van der Waals surface area contributed by atoms with Crippen LogP contribution in [-0.2, 0) is 0 Å². The van der Waals surface area contributed by atoms with Crippen LogP contribution in [0.1, 0.15) is 36.0 Å². The molecule has 6 heteroatoms. The molecule has 2 aromatic rings. The zero-order valence-electron chi connectivity index (χ0n) is 15.1. The predicted octanol–water partition coefficient (Wildman–Crippen LogP) is 3.15. The van der Waals surface area contributed by atoms with Crippen molar-refractivity contribution in [1.82, 2.24) is 4.98 Å². The SMILES string of the molecule is CN1C(=O)c2ccccc2N(C)c2cc(N[C@H]3CC[C@H](O)CC3)ncc21. The van der Waals surface area contributed by atoms with Gasteiger partial charge in [-0.25, -0.2) is 4.98 Å². The molecule has 2 N–H and O–H groups in total. The van der Waals surface area contributed by atoms with Crippen molar-refractivity contribution in [2.45, 2.75) is 37.8 Å². The van der Waals surface area contributed by atoms with E-state index >= 15 is 0 Å². The van der Waals surface area contributed by atoms with Crippen molar-refractivity contribution < 1.29 is 9.90 Å². The monoisotopic (exact) mass is 352 g/mol. The molecule has 0 radical (unpaired) electrons. The van der Waals surface area contributed by atoms with Crippen LogP contribution in [0.4, 0.5) is 22.9 Å². The molecule has 1 amide bonds. The number of nitrogens with zero attached hydrogens (tertiary/aromatic N) is 3. The van der Waals surface area contributed by atoms with Gasteiger partial charge in [-0.15, -0.1) is 0 Å². The highest BCUT2D eigenvalue weighted by Crippen LogP contribution is 2.39. The second-order valence-corrected chi connectivity index (χ2v) is 7.15. The zero-order chi connectivity index (χ0) is 18.3. The Labute approximate surface area is 153 Å². The van der Waals surface area contributed by atoms with Gasteiger partial charge in [0, 0.05) is 26.2 Å². The summed E-state index contributed by atoms with van der Waals surface area (Å²) in [7, 11) is 3.76. The van der Waals surface area contributed by atoms with Crippen LogP contribution in [0.15, 0.2) is 36.5 Å². The number of pyridine rings is 1. The number of aliphatic hydroxyl groups is 1. The quantitative estimate of drug-likeness (QED) is 0.869. The second-order valence-electron chi connectivity index (χ2n) is 7.15. The van der Waals surface area contributed by atoms with Crippen molar-refractivity contribution in [2.24, 2.45) is 0 Å². The Morgan fingerprint density at radius 1 is 1.04 bits per heavy atom. The molecule has 0 atom stereocenters. The Morgan fingerprint density at radius 2 is 1.77 bits per heavy atom. The van der Waals surface area contributed by atoms with Gasteiger partial charge in [-0.1, -0.05) is 12.1 Å². The molecule has 1 saturated carbocycles. The number of carbonyl (C=O) groups is 1. The molecule has 0 saturated heterocycles. The maximum Gasteiger partial charge on any atom is 0.260 e. The van der Waals surface area contributed by atoms with Gasteiger partial charge in [-0.2, -0.15) is 0 Å². The number of carbonyl (C=O) groups excluding carboxylic acids is 1. The maximum atomic E-state index is 12.8. The topological polar surface area (TPSA) is 68.7 Å². The van der Waals surface area contributed by atoms with Crippen molar-refractivity contribution in [1.29, 1.82) is 0 Å². The van der Waals surface area contributed by atoms with Gasteiger partial charge >= 0.3 is 0 Å². The third-order valence-corrected chi connectivity index (χ3v) is 5.43. The molecule has 0 spiro atoms. The van der Waals surface area contributed by atoms with E-state index in [-0.39, 0.29) is 12.0 Å². The van der Waals surface area contributed by atoms with Crippen LogP contribution in [-0.4, -0.2) is 42.2 Å². The van der Waals surface area contributed by atoms with Gasteiger partial charge in [0.2, 0.25) is 0 Å². The number of rotatable bonds is 2. The minimum absolute atomic E-state index is 0.0324. The Kier molecular flexibility index (Phi) is 4.28. The van der Waals surface area contributed by atoms with Crippen LogP contribution >= 0.6 is 0 Å². The van der Waals surface area contributed by atoms with Gasteiger partial charge < -0.3 is 20.2 Å². The van der Waals surface area contributed by atoms with Crippen LogP contribution < -0.4 is 15.1 Å². The summed E-state index contributed by atoms with van der Waals surface area (Å²) >= 11 is 0. The molecule has 136 valence electrons. The molecule has 0 unspecified atom stereocenters. The molecular formula is C20H24N4O2. The first-order valence-electron chi connectivity index (χ1n) is 9.10. The van der Waals surface area contributed by atoms with Crippen molar-refractivity contribution in [3.63, 3.8) is 0 Å². The van der Waals surface area contributed by atoms with Crippen LogP contribution in [0.25, 0.3) is 0 Å². The van der Waals surface area contributed by atoms with Gasteiger partial charge in [-0.05, 0) is 37.8 Å². The number of aromatic nitrogens is 1. The highest BCUT2D eigenvalue weighted by Gasteiger charge is 2.28. The lowest BCUT2D eigenvalue weighted by Gasteiger charge is -2.28. The van der Waals surface area contributed by atoms with Gasteiger partial charge in [0.1, 0.15) is 5.82 Å². The van der Waals surface area contributed by atoms with E-state index in [2.05, 4.69) is 10.3 Å². The molecule has 6 nitrogen and oxygen atoms in total. The molecule has 1 aliphatic carbocycles. The number of amides is 1. The highest BCUT2D eigenvalue weighted by molar-refractivity contribution is 6.13. The van der Waals surface area contributed by atoms with Crippen molar-refractivity contribution in [3.8, 4) is 0 Å². The van der Waals surface area contributed by atoms with E-state index in [1.807, 2.05) is 42.3 Å². The molecule has 1 aromatic heterocycles. The predicted molar refractivity (Wildman–Crippen MR) is 103 cm³/mol. The molecule has 0 bridgehead atoms. The lowest BCUT2D eigenvalue weighted by molar-refractivity contribution is 0.0994. The molecule has 2 heterocycles. The third kappa shape index (κ3) is 2.90. The number of nitrogens with one attached hydrogen (secondary N) is 1. The molecule has 26 heavy (non-hydrogen) atoms. The summed E-state index contributed by atoms with van der Waals surface area (Å²) in [5.74, 6) is 0.771. The minimum Gasteiger partial charge on any atom is -0.393 e. The number of hydrogen-bond donors (Lipinski definition) is 2. The van der Waals surface area contributed by atoms with E-state index in [4.69, 9.17) is 0 Å². The van der Waals surface area contributed by atoms with Crippen LogP contribution in [0, 0.1) is 0 Å². The van der Waals surface area contributed by atoms with E-state index in [9.17, 15) is 9.90 Å². The normalized spacial score (nSPS) is 22.5. The number of anilines is 4. The zero-order valence-corrected chi connectivity index (χ0v) is 15.1. The van der Waals surface area contributed by atoms with Gasteiger partial charge in [0.15, 0.2) is 0 Å². The standard InChI is InChI=1S/C20H24N4O2/c1-23-16-6-4-3-5-15(16)20(26)24(2)18-12-21-19(11-17(18)23)22-13-7-9-14(25)10-8-13/h3-6,11-14,25H,7-10H2,1-2H3,(H,21,22)/t13-,14-. The Balaban J connectivity index is 1.68. The number of para-hydroxylation sites is 1. The molecule has 1 aliphatic heterocycles. The maximum absolute atomic E-state index is 12.8. The first-order valence-corrected chi connectivity index (χ1v) is 9.10. The fourth-order valence-corrected chi connectivity index (χ4v) is 3.84. The van der Waals surface area contributed by atoms with Crippen molar-refractivity contribution >= 4 is 28.8 Å². The Hall–Kier alpha value is -2.60. The smallest absolute Gasteiger partial charge is 0.260 e. The summed E-state index contributed by atoms with van der Waals surface area (Å²) in [5.41, 5.74) is 3.31. The molecule has 1 aromatic carbocycles. The van der Waals surface area contributed by atoms with Crippen LogP contribution in [0.5, 0.6) is 0 Å². The Bertz CT molecular complexity index is 830. The summed E-state index contributed by atoms with van der Waals surface area (Å²) in [5, 5.41) is 13.2. The van der Waals surface area contributed by atoms with Gasteiger partial charge in [0.05, 0.1) is 34.9 Å². The summed E-state index contributed by atoms with van der Waals surface area (Å²) in [6.45, 7) is 0. The first-order chi connectivity index (χ1) is 12.5. The van der Waals surface area contributed by atoms with E-state index in [0.29, 0.717) is 11.6 Å². The fourth-order valence-electron chi connectivity index (χ4n) is 3.84. The molecular weight excluding hydrogens is 328 g/mol. The lowest BCUT2D eigenvalue weighted by atomic mass is 9.93. The largest absolute Gasteiger partial charge is 0.393 e. The van der Waals surface area contributed by atoms with E-state index in [1.165, 1.54) is 0 Å². The molecule has 2 aliphatic rings. The fraction of sp³-hybridized carbons (Fsp3) is 0.400. The number of fused-ring (bicyclic) bond motifs is 2. The second kappa shape index (κ2) is 6.61. The lowest BCUT2D eigenvalue weighted by Crippen LogP contribution is -2.29. The average Bonchev–Trinajstić information content (AvgIpc) is 2.74. The average molecular weight is 352 g/mol. The number of hydrogen-bond acceptors (Lipinski definition) is 5. The molecule has 1 fully saturated rings. The summed E-state index contributed by atoms with van der Waals surface area (Å²) in [6.07, 6.45) is 5.12. The van der Waals surface area contributed by atoms with Crippen molar-refractivity contribution in [2.75, 3.05) is 29.2 Å². The highest BCUT2D eigenvalue weighted by atomic mass is 16.3. The van der Waals surface area contributed by atoms with E-state index in [0.717, 1.165) is 48.6 Å². The number of benzene rings is 1. The van der Waals surface area contributed by atoms with Crippen LogP contribution in [0.3, 0.4) is 0 Å². The number of aliphatic hydroxyl groups excluding tert-OH is 1. The van der Waals surface area contributed by atoms with Crippen molar-refractivity contribution in [3.05, 3.63) is 42.1 Å². The summed E-state index contributed by atoms with van der Waals surface area (Å²) in [4.78, 5) is 21.0. The summed E-state index contributed by atoms with van der Waals surface area (Å²) < 4.78 is 0. The van der Waals surface area contributed by atoms with Gasteiger partial charge in [-0.3, -0.25) is 4.79 Å². The van der Waals surface area contributed by atoms with E-state index in [1.54, 1.807) is 18.1 Å². The third-order valence-electron chi connectivity index (χ3n) is 5.43. The van der Waals surface area contributed by atoms with Gasteiger partial charge in [0.25, 0.3) is 5.91 Å². The molecule has 4 rings (SSSR count). The van der Waals surface area contributed by atoms with Crippen LogP contribution in [0.2, 0.25) is 0 Å².